The van der Waals surface area contributed by atoms with Gasteiger partial charge >= 0.3 is 0 Å². The Kier molecular flexibility index (Phi) is 5.22. The third-order valence-electron chi connectivity index (χ3n) is 3.17. The number of carbonyl (C=O) groups excluding carboxylic acids is 1. The van der Waals surface area contributed by atoms with Gasteiger partial charge in [0.05, 0.1) is 0 Å². The molecule has 1 atom stereocenters. The second-order valence-corrected chi connectivity index (χ2v) is 4.87. The standard InChI is InChI=1S/C12H24N2O2/c1-4-13-9-10(2)11(15)14-12(3)5-7-16-8-6-12/h10,13H,4-9H2,1-3H3,(H,14,15). The van der Waals surface area contributed by atoms with Gasteiger partial charge in [-0.15, -0.1) is 0 Å². The molecule has 0 aromatic carbocycles. The molecular formula is C12H24N2O2. The molecule has 1 rings (SSSR count). The smallest absolute Gasteiger partial charge is 0.224 e. The lowest BCUT2D eigenvalue weighted by molar-refractivity contribution is -0.127. The minimum atomic E-state index is -0.0736. The van der Waals surface area contributed by atoms with Crippen molar-refractivity contribution in [1.82, 2.24) is 10.6 Å². The molecule has 1 fully saturated rings. The van der Waals surface area contributed by atoms with Gasteiger partial charge in [-0.2, -0.15) is 0 Å². The quantitative estimate of drug-likeness (QED) is 0.735. The fourth-order valence-electron chi connectivity index (χ4n) is 1.82. The van der Waals surface area contributed by atoms with E-state index in [1.54, 1.807) is 0 Å². The summed E-state index contributed by atoms with van der Waals surface area (Å²) in [6.07, 6.45) is 1.82. The Hall–Kier alpha value is -0.610. The molecule has 0 saturated carbocycles. The molecule has 4 heteroatoms. The van der Waals surface area contributed by atoms with Crippen LogP contribution in [0.4, 0.5) is 0 Å². The van der Waals surface area contributed by atoms with Crippen molar-refractivity contribution in [3.05, 3.63) is 0 Å². The molecule has 1 unspecified atom stereocenters. The molecule has 2 N–H and O–H groups in total. The fourth-order valence-corrected chi connectivity index (χ4v) is 1.82. The Morgan fingerprint density at radius 3 is 2.62 bits per heavy atom. The van der Waals surface area contributed by atoms with Crippen LogP contribution in [0.1, 0.15) is 33.6 Å². The molecule has 1 saturated heterocycles. The number of nitrogens with one attached hydrogen (secondary N) is 2. The number of carbonyl (C=O) groups is 1. The molecule has 0 radical (unpaired) electrons. The molecule has 0 aromatic heterocycles. The summed E-state index contributed by atoms with van der Waals surface area (Å²) in [5.41, 5.74) is -0.0736. The first-order valence-corrected chi connectivity index (χ1v) is 6.18. The summed E-state index contributed by atoms with van der Waals surface area (Å²) in [4.78, 5) is 11.9. The van der Waals surface area contributed by atoms with Crippen molar-refractivity contribution < 1.29 is 9.53 Å². The SMILES string of the molecule is CCNCC(C)C(=O)NC1(C)CCOCC1. The van der Waals surface area contributed by atoms with Crippen molar-refractivity contribution in [1.29, 1.82) is 0 Å². The van der Waals surface area contributed by atoms with Crippen molar-refractivity contribution in [2.24, 2.45) is 5.92 Å². The molecule has 1 aliphatic rings. The maximum Gasteiger partial charge on any atom is 0.224 e. The Labute approximate surface area is 98.1 Å². The van der Waals surface area contributed by atoms with Gasteiger partial charge in [0.1, 0.15) is 0 Å². The van der Waals surface area contributed by atoms with E-state index in [4.69, 9.17) is 4.74 Å². The molecule has 94 valence electrons. The molecular weight excluding hydrogens is 204 g/mol. The summed E-state index contributed by atoms with van der Waals surface area (Å²) in [6, 6.07) is 0. The van der Waals surface area contributed by atoms with E-state index in [1.807, 2.05) is 13.8 Å². The van der Waals surface area contributed by atoms with Gasteiger partial charge in [-0.25, -0.2) is 0 Å². The van der Waals surface area contributed by atoms with Crippen LogP contribution in [0.25, 0.3) is 0 Å². The number of rotatable bonds is 5. The van der Waals surface area contributed by atoms with E-state index >= 15 is 0 Å². The predicted molar refractivity (Wildman–Crippen MR) is 64.3 cm³/mol. The summed E-state index contributed by atoms with van der Waals surface area (Å²) < 4.78 is 5.31. The maximum absolute atomic E-state index is 11.9. The van der Waals surface area contributed by atoms with Crippen molar-refractivity contribution in [3.63, 3.8) is 0 Å². The van der Waals surface area contributed by atoms with Crippen molar-refractivity contribution in [2.75, 3.05) is 26.3 Å². The molecule has 1 aliphatic heterocycles. The number of amides is 1. The normalized spacial score (nSPS) is 21.4. The Bertz CT molecular complexity index is 225. The van der Waals surface area contributed by atoms with Crippen LogP contribution in [0, 0.1) is 5.92 Å². The maximum atomic E-state index is 11.9. The van der Waals surface area contributed by atoms with Crippen molar-refractivity contribution in [3.8, 4) is 0 Å². The lowest BCUT2D eigenvalue weighted by atomic mass is 9.91. The molecule has 16 heavy (non-hydrogen) atoms. The Balaban J connectivity index is 2.36. The molecule has 0 spiro atoms. The van der Waals surface area contributed by atoms with Gasteiger partial charge in [-0.05, 0) is 26.3 Å². The van der Waals surface area contributed by atoms with Gasteiger partial charge in [0, 0.05) is 31.2 Å². The zero-order valence-corrected chi connectivity index (χ0v) is 10.6. The van der Waals surface area contributed by atoms with Crippen LogP contribution in [0.15, 0.2) is 0 Å². The minimum absolute atomic E-state index is 0.0274. The number of ether oxygens (including phenoxy) is 1. The monoisotopic (exact) mass is 228 g/mol. The fraction of sp³-hybridized carbons (Fsp3) is 0.917. The zero-order valence-electron chi connectivity index (χ0n) is 10.6. The van der Waals surface area contributed by atoms with Crippen LogP contribution in [0.2, 0.25) is 0 Å². The van der Waals surface area contributed by atoms with E-state index < -0.39 is 0 Å². The molecule has 0 aromatic rings. The second kappa shape index (κ2) is 6.21. The topological polar surface area (TPSA) is 50.4 Å². The van der Waals surface area contributed by atoms with E-state index in [1.165, 1.54) is 0 Å². The van der Waals surface area contributed by atoms with Crippen LogP contribution < -0.4 is 10.6 Å². The van der Waals surface area contributed by atoms with Crippen LogP contribution >= 0.6 is 0 Å². The number of hydrogen-bond acceptors (Lipinski definition) is 3. The van der Waals surface area contributed by atoms with Gasteiger partial charge in [0.25, 0.3) is 0 Å². The predicted octanol–water partition coefficient (Wildman–Crippen LogP) is 0.917. The van der Waals surface area contributed by atoms with Gasteiger partial charge in [-0.3, -0.25) is 4.79 Å². The van der Waals surface area contributed by atoms with E-state index in [0.717, 1.165) is 39.1 Å². The van der Waals surface area contributed by atoms with Crippen LogP contribution in [-0.2, 0) is 9.53 Å². The Morgan fingerprint density at radius 2 is 2.06 bits per heavy atom. The summed E-state index contributed by atoms with van der Waals surface area (Å²) in [6.45, 7) is 9.26. The van der Waals surface area contributed by atoms with Gasteiger partial charge in [0.15, 0.2) is 0 Å². The summed E-state index contributed by atoms with van der Waals surface area (Å²) >= 11 is 0. The first-order chi connectivity index (χ1) is 7.57. The van der Waals surface area contributed by atoms with Gasteiger partial charge < -0.3 is 15.4 Å². The molecule has 1 amide bonds. The minimum Gasteiger partial charge on any atom is -0.381 e. The average Bonchev–Trinajstić information content (AvgIpc) is 2.26. The lowest BCUT2D eigenvalue weighted by Crippen LogP contribution is -2.52. The first kappa shape index (κ1) is 13.5. The molecule has 1 heterocycles. The van der Waals surface area contributed by atoms with E-state index in [0.29, 0.717) is 0 Å². The van der Waals surface area contributed by atoms with E-state index in [-0.39, 0.29) is 17.4 Å². The van der Waals surface area contributed by atoms with Crippen LogP contribution in [0.5, 0.6) is 0 Å². The third kappa shape index (κ3) is 4.10. The third-order valence-corrected chi connectivity index (χ3v) is 3.17. The first-order valence-electron chi connectivity index (χ1n) is 6.18. The molecule has 4 nitrogen and oxygen atoms in total. The average molecular weight is 228 g/mol. The largest absolute Gasteiger partial charge is 0.381 e. The van der Waals surface area contributed by atoms with Gasteiger partial charge in [0.2, 0.25) is 5.91 Å². The highest BCUT2D eigenvalue weighted by Gasteiger charge is 2.30. The summed E-state index contributed by atoms with van der Waals surface area (Å²) in [7, 11) is 0. The second-order valence-electron chi connectivity index (χ2n) is 4.87. The van der Waals surface area contributed by atoms with Crippen molar-refractivity contribution in [2.45, 2.75) is 39.2 Å². The van der Waals surface area contributed by atoms with E-state index in [2.05, 4.69) is 17.6 Å². The van der Waals surface area contributed by atoms with Crippen LogP contribution in [-0.4, -0.2) is 37.7 Å². The van der Waals surface area contributed by atoms with Gasteiger partial charge in [-0.1, -0.05) is 13.8 Å². The lowest BCUT2D eigenvalue weighted by Gasteiger charge is -2.35. The van der Waals surface area contributed by atoms with Crippen LogP contribution in [0.3, 0.4) is 0 Å². The van der Waals surface area contributed by atoms with E-state index in [9.17, 15) is 4.79 Å². The van der Waals surface area contributed by atoms with Crippen molar-refractivity contribution >= 4 is 5.91 Å². The highest BCUT2D eigenvalue weighted by atomic mass is 16.5. The highest BCUT2D eigenvalue weighted by molar-refractivity contribution is 5.79. The number of hydrogen-bond donors (Lipinski definition) is 2. The summed E-state index contributed by atoms with van der Waals surface area (Å²) in [5.74, 6) is 0.171. The summed E-state index contributed by atoms with van der Waals surface area (Å²) in [5, 5.41) is 6.34. The Morgan fingerprint density at radius 1 is 1.44 bits per heavy atom. The highest BCUT2D eigenvalue weighted by Crippen LogP contribution is 2.20. The molecule has 0 aliphatic carbocycles. The molecule has 0 bridgehead atoms. The zero-order chi connectivity index (χ0) is 12.0.